The van der Waals surface area contributed by atoms with Crippen LogP contribution >= 0.6 is 76.7 Å². The third-order valence-electron chi connectivity index (χ3n) is 16.5. The summed E-state index contributed by atoms with van der Waals surface area (Å²) in [6, 6.07) is -2.86. The van der Waals surface area contributed by atoms with Gasteiger partial charge in [0.05, 0.1) is 45.1 Å². The van der Waals surface area contributed by atoms with Crippen molar-refractivity contribution in [3.8, 4) is 0 Å². The first-order valence-corrected chi connectivity index (χ1v) is 42.7. The Labute approximate surface area is 601 Å². The highest BCUT2D eigenvalue weighted by Crippen LogP contribution is 2.37. The molecule has 8 atom stereocenters. The van der Waals surface area contributed by atoms with E-state index in [1.165, 1.54) is 104 Å². The summed E-state index contributed by atoms with van der Waals surface area (Å²) < 4.78 is 24.9. The van der Waals surface area contributed by atoms with Crippen molar-refractivity contribution in [2.75, 3.05) is 100 Å². The van der Waals surface area contributed by atoms with Crippen LogP contribution in [0.2, 0.25) is 0 Å². The highest BCUT2D eigenvalue weighted by atomic mass is 33.1. The Morgan fingerprint density at radius 1 is 0.526 bits per heavy atom. The fourth-order valence-corrected chi connectivity index (χ4v) is 19.3. The van der Waals surface area contributed by atoms with Crippen molar-refractivity contribution in [3.63, 3.8) is 0 Å². The monoisotopic (exact) mass is 1500 g/mol. The maximum Gasteiger partial charge on any atom is 0.326 e. The summed E-state index contributed by atoms with van der Waals surface area (Å²) in [4.78, 5) is 167. The average molecular weight is 1500 g/mol. The predicted molar refractivity (Wildman–Crippen MR) is 386 cm³/mol. The molecule has 0 unspecified atom stereocenters. The summed E-state index contributed by atoms with van der Waals surface area (Å²) in [6.07, 6.45) is 17.0. The lowest BCUT2D eigenvalue weighted by atomic mass is 9.87. The molecule has 0 aromatic carbocycles. The Bertz CT molecular complexity index is 2440. The number of carboxylic acid groups (broad SMARTS) is 2. The molecule has 0 radical (unpaired) electrons. The summed E-state index contributed by atoms with van der Waals surface area (Å²) in [6.45, 7) is 4.57. The molecule has 2 bridgehead atoms. The number of ether oxygens (including phenoxy) is 4. The van der Waals surface area contributed by atoms with Crippen molar-refractivity contribution in [3.05, 3.63) is 0 Å². The van der Waals surface area contributed by atoms with Gasteiger partial charge in [0, 0.05) is 135 Å². The number of carbonyl (C=O) groups is 13. The molecule has 3 fully saturated rings. The van der Waals surface area contributed by atoms with Gasteiger partial charge in [0.2, 0.25) is 28.7 Å². The lowest BCUT2D eigenvalue weighted by Crippen LogP contribution is -2.44. The summed E-state index contributed by atoms with van der Waals surface area (Å²) in [5, 5.41) is 28.9. The number of hydrogen-bond donors (Lipinski definition) is 7. The van der Waals surface area contributed by atoms with E-state index in [-0.39, 0.29) is 204 Å². The van der Waals surface area contributed by atoms with Crippen LogP contribution in [0, 0.1) is 29.6 Å². The normalized spacial score (nSPS) is 21.4. The first kappa shape index (κ1) is 88.0. The molecule has 3 rings (SSSR count). The van der Waals surface area contributed by atoms with Crippen LogP contribution in [-0.2, 0) is 81.3 Å². The van der Waals surface area contributed by atoms with Crippen LogP contribution in [0.25, 0.3) is 0 Å². The second-order valence-electron chi connectivity index (χ2n) is 24.8. The van der Waals surface area contributed by atoms with E-state index in [2.05, 4.69) is 26.0 Å². The van der Waals surface area contributed by atoms with Gasteiger partial charge in [-0.15, -0.1) is 0 Å². The molecule has 552 valence electrons. The van der Waals surface area contributed by atoms with E-state index >= 15 is 0 Å². The Hall–Kier alpha value is -3.24. The van der Waals surface area contributed by atoms with E-state index in [4.69, 9.17) is 24.1 Å². The van der Waals surface area contributed by atoms with Gasteiger partial charge in [-0.1, -0.05) is 149 Å². The molecule has 0 aromatic rings. The van der Waals surface area contributed by atoms with Gasteiger partial charge in [-0.2, -0.15) is 0 Å². The second-order valence-corrected chi connectivity index (χ2v) is 33.3. The fourth-order valence-electron chi connectivity index (χ4n) is 10.4. The van der Waals surface area contributed by atoms with Gasteiger partial charge in [-0.05, 0) is 63.8 Å². The van der Waals surface area contributed by atoms with E-state index in [1.54, 1.807) is 6.92 Å². The number of unbranched alkanes of at least 4 members (excludes halogenated alkanes) is 14. The summed E-state index contributed by atoms with van der Waals surface area (Å²) in [5.41, 5.74) is 0. The Kier molecular flexibility index (Phi) is 50.2. The molecule has 7 N–H and O–H groups in total. The molecule has 24 nitrogen and oxygen atoms in total. The molecule has 3 aliphatic rings. The molecule has 0 spiro atoms. The number of Topliss-reactive ketones (excluding diaryl/α,β-unsaturated/α-hetero) is 6. The molecule has 0 saturated carbocycles. The number of rotatable bonds is 48. The molecule has 97 heavy (non-hydrogen) atoms. The quantitative estimate of drug-likeness (QED) is 0.0170. The van der Waals surface area contributed by atoms with Crippen molar-refractivity contribution in [1.29, 1.82) is 0 Å². The summed E-state index contributed by atoms with van der Waals surface area (Å²) in [5.74, 6) is -5.12. The van der Waals surface area contributed by atoms with E-state index in [0.29, 0.717) is 49.5 Å². The number of hydrogen-bond acceptors (Lipinski definition) is 25. The molecule has 3 heterocycles. The van der Waals surface area contributed by atoms with Gasteiger partial charge in [-0.25, -0.2) is 9.52 Å². The highest BCUT2D eigenvalue weighted by molar-refractivity contribution is 8.77. The highest BCUT2D eigenvalue weighted by Gasteiger charge is 2.36. The molecular weight excluding hydrogens is 1390 g/mol. The van der Waals surface area contributed by atoms with E-state index < -0.39 is 59.7 Å². The molecular formula is C66H107N5O19S7. The zero-order valence-electron chi connectivity index (χ0n) is 56.7. The van der Waals surface area contributed by atoms with Crippen molar-refractivity contribution >= 4 is 152 Å². The lowest BCUT2D eigenvalue weighted by Gasteiger charge is -2.25. The number of aliphatic carboxylic acids is 2. The van der Waals surface area contributed by atoms with E-state index in [1.807, 2.05) is 0 Å². The fraction of sp³-hybridized carbons (Fsp3) is 0.803. The zero-order chi connectivity index (χ0) is 70.8. The van der Waals surface area contributed by atoms with Gasteiger partial charge in [0.25, 0.3) is 0 Å². The summed E-state index contributed by atoms with van der Waals surface area (Å²) in [7, 11) is 8.45. The largest absolute Gasteiger partial charge is 0.481 e. The van der Waals surface area contributed by atoms with Gasteiger partial charge < -0.3 is 50.4 Å². The number of amides is 4. The van der Waals surface area contributed by atoms with E-state index in [0.717, 1.165) is 63.3 Å². The van der Waals surface area contributed by atoms with Crippen molar-refractivity contribution < 1.29 is 91.5 Å². The van der Waals surface area contributed by atoms with Crippen molar-refractivity contribution in [2.45, 2.75) is 205 Å². The predicted octanol–water partition coefficient (Wildman–Crippen LogP) is 8.81. The first-order chi connectivity index (χ1) is 46.7. The van der Waals surface area contributed by atoms with Gasteiger partial charge in [0.1, 0.15) is 36.6 Å². The third-order valence-corrected chi connectivity index (χ3v) is 25.1. The number of fused-ring (bicyclic) bond motifs is 4. The maximum atomic E-state index is 14.1. The Morgan fingerprint density at radius 3 is 1.75 bits per heavy atom. The van der Waals surface area contributed by atoms with Crippen molar-refractivity contribution in [1.82, 2.24) is 26.0 Å². The first-order valence-electron chi connectivity index (χ1n) is 34.4. The average Bonchev–Trinajstić information content (AvgIpc) is 1.60. The molecule has 4 amide bonds. The molecule has 0 aliphatic carbocycles. The number of nitrogens with one attached hydrogen (secondary N) is 5. The summed E-state index contributed by atoms with van der Waals surface area (Å²) >= 11 is 0.786. The van der Waals surface area contributed by atoms with E-state index in [9.17, 15) is 67.4 Å². The van der Waals surface area contributed by atoms with Crippen LogP contribution in [0.5, 0.6) is 0 Å². The molecule has 3 saturated heterocycles. The van der Waals surface area contributed by atoms with Crippen LogP contribution in [0.3, 0.4) is 0 Å². The van der Waals surface area contributed by atoms with Crippen LogP contribution in [0.15, 0.2) is 0 Å². The smallest absolute Gasteiger partial charge is 0.326 e. The molecule has 31 heteroatoms. The minimum atomic E-state index is -1.20. The third kappa shape index (κ3) is 43.4. The Morgan fingerprint density at radius 2 is 1.09 bits per heavy atom. The minimum absolute atomic E-state index is 0.0268. The van der Waals surface area contributed by atoms with Crippen molar-refractivity contribution in [2.24, 2.45) is 29.6 Å². The topological polar surface area (TPSA) is 359 Å². The lowest BCUT2D eigenvalue weighted by molar-refractivity contribution is -0.142. The molecule has 0 aromatic heterocycles. The van der Waals surface area contributed by atoms with Crippen LogP contribution < -0.4 is 26.0 Å². The Balaban J connectivity index is 1.21. The number of carboxylic acids is 2. The number of ketones is 6. The van der Waals surface area contributed by atoms with Crippen LogP contribution in [0.4, 0.5) is 0 Å². The second kappa shape index (κ2) is 55.4. The maximum absolute atomic E-state index is 14.1. The van der Waals surface area contributed by atoms with Crippen LogP contribution in [0.1, 0.15) is 187 Å². The minimum Gasteiger partial charge on any atom is -0.481 e. The molecule has 3 aliphatic heterocycles. The SMILES string of the molecule is CC(=O)[C@@H]1CSSC[C@H](CC(=O)[C@@H]2CSSC[C@@H]3CC(=O)[C@H](CCCCNC(=O)COCCOCCCC(=O)COCCOCCNC(=O)CC[C@H](NC(=O)CCCCCCCCCCCCCCCCC(=O)O)C(=O)O)NC(=O)[C@@H](C)CSSC[C@H](NSC3=O)C(=O)C2)C(=O)C1. The van der Waals surface area contributed by atoms with Gasteiger partial charge in [0.15, 0.2) is 17.3 Å². The van der Waals surface area contributed by atoms with Crippen LogP contribution in [-0.4, -0.2) is 204 Å². The van der Waals surface area contributed by atoms with Gasteiger partial charge in [-0.3, -0.25) is 57.5 Å². The standard InChI is InChI=1S/C66H107N5O19S7/c1-46-40-91-96-45-55-59(77)36-50(57(75)35-49-42-93-92-41-48(47(2)72)34-56(49)74)43-94-95-44-51(66(86)97-71-55)37-58(76)53(70-64(46)83)21-17-18-26-67-62(80)39-90-33-30-87-28-19-20-52(73)38-89-32-31-88-29-27-68-60(78)25-24-54(65(84)85)69-61(79)22-15-13-11-9-7-5-3-4-6-8-10-12-14-16-23-63(81)82/h46,48-51,53-55,71H,3-45H2,1-2H3,(H,67,80)(H,68,78)(H,69,79)(H,70,83)(H,81,82)(H,84,85)/t46-,48-,49-,50-,51-,53-,54-,55-/m0/s1. The number of carbonyl (C=O) groups excluding carboxylic acids is 11. The zero-order valence-corrected chi connectivity index (χ0v) is 62.4. The van der Waals surface area contributed by atoms with Gasteiger partial charge >= 0.3 is 11.9 Å².